The van der Waals surface area contributed by atoms with Crippen molar-refractivity contribution >= 4 is 16.6 Å². The van der Waals surface area contributed by atoms with E-state index in [0.29, 0.717) is 5.82 Å². The molecule has 17 heavy (non-hydrogen) atoms. The normalized spacial score (nSPS) is 9.71. The van der Waals surface area contributed by atoms with Crippen LogP contribution >= 0.6 is 0 Å². The molecule has 0 aliphatic rings. The Morgan fingerprint density at radius 1 is 1.24 bits per heavy atom. The highest BCUT2D eigenvalue weighted by molar-refractivity contribution is 5.87. The van der Waals surface area contributed by atoms with Crippen molar-refractivity contribution in [2.45, 2.75) is 34.1 Å². The smallest absolute Gasteiger partial charge is 0.150 e. The molecule has 0 unspecified atom stereocenters. The average molecular weight is 232 g/mol. The van der Waals surface area contributed by atoms with Gasteiger partial charge in [0, 0.05) is 11.1 Å². The van der Waals surface area contributed by atoms with E-state index in [1.54, 1.807) is 0 Å². The van der Waals surface area contributed by atoms with E-state index in [4.69, 9.17) is 5.21 Å². The largest absolute Gasteiger partial charge is 0.290 e. The van der Waals surface area contributed by atoms with Gasteiger partial charge < -0.3 is 0 Å². The summed E-state index contributed by atoms with van der Waals surface area (Å²) in [7, 11) is 0. The van der Waals surface area contributed by atoms with Crippen LogP contribution in [-0.2, 0) is 6.42 Å². The van der Waals surface area contributed by atoms with Gasteiger partial charge in [-0.15, -0.1) is 0 Å². The predicted octanol–water partition coefficient (Wildman–Crippen LogP) is 3.93. The third-order valence-electron chi connectivity index (χ3n) is 2.61. The fourth-order valence-corrected chi connectivity index (χ4v) is 1.76. The summed E-state index contributed by atoms with van der Waals surface area (Å²) < 4.78 is 0. The molecule has 0 aliphatic heterocycles. The van der Waals surface area contributed by atoms with E-state index < -0.39 is 0 Å². The van der Waals surface area contributed by atoms with E-state index in [-0.39, 0.29) is 0 Å². The molecule has 3 nitrogen and oxygen atoms in total. The van der Waals surface area contributed by atoms with Crippen LogP contribution in [0.4, 0.5) is 5.82 Å². The second-order valence-electron chi connectivity index (χ2n) is 3.61. The van der Waals surface area contributed by atoms with Gasteiger partial charge in [0.25, 0.3) is 0 Å². The van der Waals surface area contributed by atoms with Crippen molar-refractivity contribution in [1.29, 1.82) is 0 Å². The second-order valence-corrected chi connectivity index (χ2v) is 3.61. The summed E-state index contributed by atoms with van der Waals surface area (Å²) in [5.74, 6) is 0.494. The van der Waals surface area contributed by atoms with Crippen LogP contribution in [0.25, 0.3) is 10.8 Å². The number of anilines is 1. The maximum Gasteiger partial charge on any atom is 0.150 e. The lowest BCUT2D eigenvalue weighted by molar-refractivity contribution is 0.386. The highest BCUT2D eigenvalue weighted by atomic mass is 16.5. The molecule has 2 aromatic rings. The quantitative estimate of drug-likeness (QED) is 0.771. The van der Waals surface area contributed by atoms with Gasteiger partial charge >= 0.3 is 0 Å². The molecule has 0 saturated heterocycles. The van der Waals surface area contributed by atoms with Crippen LogP contribution in [0.2, 0.25) is 0 Å². The summed E-state index contributed by atoms with van der Waals surface area (Å²) in [6.07, 6.45) is 1.01. The lowest BCUT2D eigenvalue weighted by atomic mass is 10.1. The minimum absolute atomic E-state index is 0.494. The van der Waals surface area contributed by atoms with Gasteiger partial charge in [0.2, 0.25) is 0 Å². The molecular formula is C14H20N2O. The topological polar surface area (TPSA) is 45.2 Å². The first kappa shape index (κ1) is 13.5. The molecule has 2 rings (SSSR count). The molecule has 92 valence electrons. The first-order valence-corrected chi connectivity index (χ1v) is 6.05. The molecule has 0 saturated carbocycles. The third kappa shape index (κ3) is 2.94. The van der Waals surface area contributed by atoms with Gasteiger partial charge in [0.15, 0.2) is 0 Å². The fraction of sp³-hybridized carbons (Fsp3) is 0.357. The van der Waals surface area contributed by atoms with E-state index in [9.17, 15) is 0 Å². The number of rotatable bonds is 2. The molecule has 1 aromatic heterocycles. The lowest BCUT2D eigenvalue weighted by Crippen LogP contribution is -1.95. The highest BCUT2D eigenvalue weighted by Gasteiger charge is 2.02. The minimum Gasteiger partial charge on any atom is -0.290 e. The number of pyridine rings is 1. The van der Waals surface area contributed by atoms with Crippen molar-refractivity contribution in [3.63, 3.8) is 0 Å². The zero-order chi connectivity index (χ0) is 12.8. The molecule has 0 fully saturated rings. The summed E-state index contributed by atoms with van der Waals surface area (Å²) in [6.45, 7) is 8.06. The van der Waals surface area contributed by atoms with Gasteiger partial charge in [0.05, 0.1) is 0 Å². The molecular weight excluding hydrogens is 212 g/mol. The maximum atomic E-state index is 8.84. The minimum atomic E-state index is 0.494. The molecule has 1 heterocycles. The van der Waals surface area contributed by atoms with Crippen molar-refractivity contribution in [3.05, 3.63) is 35.5 Å². The molecule has 2 N–H and O–H groups in total. The molecule has 0 amide bonds. The SMILES string of the molecule is CC.CCc1ccc2c(C)nc(NO)cc2c1. The number of fused-ring (bicyclic) bond motifs is 1. The second kappa shape index (κ2) is 6.21. The van der Waals surface area contributed by atoms with Crippen LogP contribution in [0, 0.1) is 6.92 Å². The van der Waals surface area contributed by atoms with Gasteiger partial charge in [-0.2, -0.15) is 0 Å². The molecule has 0 bridgehead atoms. The number of nitrogens with one attached hydrogen (secondary N) is 1. The Hall–Kier alpha value is -1.61. The van der Waals surface area contributed by atoms with Crippen LogP contribution in [0.3, 0.4) is 0 Å². The molecule has 0 radical (unpaired) electrons. The number of hydrogen-bond acceptors (Lipinski definition) is 3. The zero-order valence-electron chi connectivity index (χ0n) is 10.9. The third-order valence-corrected chi connectivity index (χ3v) is 2.61. The van der Waals surface area contributed by atoms with Crippen LogP contribution in [0.1, 0.15) is 32.0 Å². The Labute approximate surface area is 102 Å². The maximum absolute atomic E-state index is 8.84. The fourth-order valence-electron chi connectivity index (χ4n) is 1.76. The van der Waals surface area contributed by atoms with E-state index in [0.717, 1.165) is 22.9 Å². The molecule has 3 heteroatoms. The summed E-state index contributed by atoms with van der Waals surface area (Å²) in [6, 6.07) is 8.17. The number of aryl methyl sites for hydroxylation is 2. The number of nitrogens with zero attached hydrogens (tertiary/aromatic N) is 1. The summed E-state index contributed by atoms with van der Waals surface area (Å²) in [5.41, 5.74) is 4.30. The van der Waals surface area contributed by atoms with Crippen molar-refractivity contribution in [1.82, 2.24) is 4.98 Å². The Balaban J connectivity index is 0.000000686. The zero-order valence-corrected chi connectivity index (χ0v) is 10.9. The van der Waals surface area contributed by atoms with E-state index >= 15 is 0 Å². The molecule has 0 atom stereocenters. The van der Waals surface area contributed by atoms with Gasteiger partial charge in [-0.05, 0) is 30.4 Å². The Kier molecular flexibility index (Phi) is 4.91. The monoisotopic (exact) mass is 232 g/mol. The van der Waals surface area contributed by atoms with Crippen molar-refractivity contribution in [3.8, 4) is 0 Å². The van der Waals surface area contributed by atoms with E-state index in [1.807, 2.05) is 26.8 Å². The number of aromatic nitrogens is 1. The van der Waals surface area contributed by atoms with E-state index in [2.05, 4.69) is 35.6 Å². The standard InChI is InChI=1S/C12H14N2O.C2H6/c1-3-9-4-5-11-8(2)13-12(14-15)7-10(11)6-9;1-2/h4-7,15H,3H2,1-2H3,(H,13,14);1-2H3. The van der Waals surface area contributed by atoms with Crippen molar-refractivity contribution in [2.75, 3.05) is 5.48 Å². The number of benzene rings is 1. The lowest BCUT2D eigenvalue weighted by Gasteiger charge is -2.06. The number of hydrogen-bond donors (Lipinski definition) is 2. The summed E-state index contributed by atoms with van der Waals surface area (Å²) in [4.78, 5) is 4.21. The molecule has 0 aliphatic carbocycles. The van der Waals surface area contributed by atoms with Crippen LogP contribution in [-0.4, -0.2) is 10.2 Å². The van der Waals surface area contributed by atoms with Gasteiger partial charge in [-0.1, -0.05) is 39.0 Å². The Morgan fingerprint density at radius 3 is 2.53 bits per heavy atom. The first-order chi connectivity index (χ1) is 8.24. The summed E-state index contributed by atoms with van der Waals surface area (Å²) >= 11 is 0. The predicted molar refractivity (Wildman–Crippen MR) is 72.6 cm³/mol. The Bertz CT molecular complexity index is 490. The average Bonchev–Trinajstić information content (AvgIpc) is 2.40. The Morgan fingerprint density at radius 2 is 1.94 bits per heavy atom. The highest BCUT2D eigenvalue weighted by Crippen LogP contribution is 2.21. The van der Waals surface area contributed by atoms with Crippen molar-refractivity contribution in [2.24, 2.45) is 0 Å². The van der Waals surface area contributed by atoms with Crippen LogP contribution < -0.4 is 5.48 Å². The van der Waals surface area contributed by atoms with Gasteiger partial charge in [-0.3, -0.25) is 10.7 Å². The van der Waals surface area contributed by atoms with Crippen molar-refractivity contribution < 1.29 is 5.21 Å². The molecule has 0 spiro atoms. The summed E-state index contributed by atoms with van der Waals surface area (Å²) in [5, 5.41) is 11.1. The van der Waals surface area contributed by atoms with E-state index in [1.165, 1.54) is 5.56 Å². The first-order valence-electron chi connectivity index (χ1n) is 6.05. The van der Waals surface area contributed by atoms with Gasteiger partial charge in [0.1, 0.15) is 5.82 Å². The van der Waals surface area contributed by atoms with Crippen LogP contribution in [0.15, 0.2) is 24.3 Å². The van der Waals surface area contributed by atoms with Crippen LogP contribution in [0.5, 0.6) is 0 Å². The molecule has 1 aromatic carbocycles. The van der Waals surface area contributed by atoms with Gasteiger partial charge in [-0.25, -0.2) is 4.98 Å².